The quantitative estimate of drug-likeness (QED) is 0.839. The molecule has 3 heteroatoms. The van der Waals surface area contributed by atoms with Crippen molar-refractivity contribution in [2.45, 2.75) is 76.8 Å². The second-order valence-corrected chi connectivity index (χ2v) is 6.37. The van der Waals surface area contributed by atoms with E-state index in [0.29, 0.717) is 12.0 Å². The maximum absolute atomic E-state index is 11.6. The van der Waals surface area contributed by atoms with E-state index in [1.54, 1.807) is 0 Å². The molecule has 1 N–H and O–H groups in total. The fourth-order valence-electron chi connectivity index (χ4n) is 3.90. The molecule has 0 bridgehead atoms. The average Bonchev–Trinajstić information content (AvgIpc) is 2.39. The summed E-state index contributed by atoms with van der Waals surface area (Å²) < 4.78 is 0. The van der Waals surface area contributed by atoms with Gasteiger partial charge in [0.25, 0.3) is 0 Å². The number of hydrogen-bond donors (Lipinski definition) is 1. The van der Waals surface area contributed by atoms with E-state index >= 15 is 0 Å². The Morgan fingerprint density at radius 2 is 1.89 bits per heavy atom. The highest BCUT2D eigenvalue weighted by Crippen LogP contribution is 2.36. The molecule has 1 saturated carbocycles. The summed E-state index contributed by atoms with van der Waals surface area (Å²) in [5, 5.41) is 9.57. The van der Waals surface area contributed by atoms with Gasteiger partial charge in [-0.3, -0.25) is 9.69 Å². The smallest absolute Gasteiger partial charge is 0.323 e. The lowest BCUT2D eigenvalue weighted by Gasteiger charge is -2.48. The molecule has 0 amide bonds. The fourth-order valence-corrected chi connectivity index (χ4v) is 3.90. The number of aliphatic carboxylic acids is 1. The number of nitrogens with zero attached hydrogens (tertiary/aromatic N) is 1. The van der Waals surface area contributed by atoms with E-state index in [1.807, 2.05) is 6.92 Å². The van der Waals surface area contributed by atoms with E-state index in [0.717, 1.165) is 25.8 Å². The third kappa shape index (κ3) is 2.56. The third-order valence-corrected chi connectivity index (χ3v) is 5.23. The lowest BCUT2D eigenvalue weighted by Crippen LogP contribution is -2.59. The number of carboxylic acids is 1. The van der Waals surface area contributed by atoms with Crippen molar-refractivity contribution in [2.24, 2.45) is 5.92 Å². The molecule has 2 fully saturated rings. The van der Waals surface area contributed by atoms with Crippen molar-refractivity contribution in [2.75, 3.05) is 6.54 Å². The van der Waals surface area contributed by atoms with Crippen LogP contribution >= 0.6 is 0 Å². The topological polar surface area (TPSA) is 40.5 Å². The maximum atomic E-state index is 11.6. The van der Waals surface area contributed by atoms with Crippen LogP contribution in [0.2, 0.25) is 0 Å². The molecule has 1 heterocycles. The Bertz CT molecular complexity index is 299. The first-order chi connectivity index (χ1) is 8.55. The van der Waals surface area contributed by atoms with Crippen LogP contribution in [0.5, 0.6) is 0 Å². The van der Waals surface area contributed by atoms with Crippen LogP contribution in [-0.4, -0.2) is 34.1 Å². The molecule has 104 valence electrons. The Kier molecular flexibility index (Phi) is 4.31. The van der Waals surface area contributed by atoms with Crippen LogP contribution in [0.1, 0.15) is 65.2 Å². The molecule has 0 aromatic carbocycles. The van der Waals surface area contributed by atoms with Crippen LogP contribution in [0.4, 0.5) is 0 Å². The van der Waals surface area contributed by atoms with Gasteiger partial charge in [-0.1, -0.05) is 19.3 Å². The number of likely N-dealkylation sites (tertiary alicyclic amines) is 1. The first-order valence-corrected chi connectivity index (χ1v) is 7.56. The molecule has 2 rings (SSSR count). The number of rotatable bonds is 3. The molecule has 1 aliphatic carbocycles. The van der Waals surface area contributed by atoms with Crippen LogP contribution < -0.4 is 0 Å². The molecule has 18 heavy (non-hydrogen) atoms. The van der Waals surface area contributed by atoms with Crippen molar-refractivity contribution in [3.05, 3.63) is 0 Å². The summed E-state index contributed by atoms with van der Waals surface area (Å²) in [7, 11) is 0. The molecule has 1 saturated heterocycles. The summed E-state index contributed by atoms with van der Waals surface area (Å²) in [6.45, 7) is 5.14. The second kappa shape index (κ2) is 5.60. The molecule has 0 aromatic rings. The first kappa shape index (κ1) is 13.9. The minimum atomic E-state index is -0.634. The van der Waals surface area contributed by atoms with E-state index in [-0.39, 0.29) is 0 Å². The van der Waals surface area contributed by atoms with Gasteiger partial charge in [-0.15, -0.1) is 0 Å². The summed E-state index contributed by atoms with van der Waals surface area (Å²) in [4.78, 5) is 13.9. The molecular formula is C15H27NO2. The van der Waals surface area contributed by atoms with Gasteiger partial charge in [-0.25, -0.2) is 0 Å². The zero-order valence-electron chi connectivity index (χ0n) is 11.8. The Morgan fingerprint density at radius 3 is 2.50 bits per heavy atom. The molecule has 2 atom stereocenters. The van der Waals surface area contributed by atoms with E-state index in [1.165, 1.54) is 32.1 Å². The Morgan fingerprint density at radius 1 is 1.22 bits per heavy atom. The lowest BCUT2D eigenvalue weighted by molar-refractivity contribution is -0.156. The summed E-state index contributed by atoms with van der Waals surface area (Å²) in [6.07, 6.45) is 9.59. The van der Waals surface area contributed by atoms with Crippen molar-refractivity contribution in [1.29, 1.82) is 0 Å². The normalized spacial score (nSPS) is 33.2. The standard InChI is InChI=1S/C15H27NO2/c1-12(13-8-4-3-5-9-13)16-11-7-6-10-15(16,2)14(17)18/h12-13H,3-11H2,1-2H3,(H,17,18). The Hall–Kier alpha value is -0.570. The van der Waals surface area contributed by atoms with Crippen LogP contribution in [0, 0.1) is 5.92 Å². The minimum Gasteiger partial charge on any atom is -0.480 e. The maximum Gasteiger partial charge on any atom is 0.323 e. The third-order valence-electron chi connectivity index (χ3n) is 5.23. The lowest BCUT2D eigenvalue weighted by atomic mass is 9.79. The van der Waals surface area contributed by atoms with E-state index in [9.17, 15) is 9.90 Å². The molecule has 0 aromatic heterocycles. The molecule has 2 aliphatic rings. The zero-order chi connectivity index (χ0) is 13.2. The monoisotopic (exact) mass is 253 g/mol. The van der Waals surface area contributed by atoms with Crippen molar-refractivity contribution in [1.82, 2.24) is 4.90 Å². The summed E-state index contributed by atoms with van der Waals surface area (Å²) >= 11 is 0. The zero-order valence-corrected chi connectivity index (χ0v) is 11.8. The summed E-state index contributed by atoms with van der Waals surface area (Å²) in [5.74, 6) is 0.0698. The van der Waals surface area contributed by atoms with Gasteiger partial charge in [0.1, 0.15) is 5.54 Å². The SMILES string of the molecule is CC(C1CCCCC1)N1CCCCC1(C)C(=O)O. The van der Waals surface area contributed by atoms with Gasteiger partial charge < -0.3 is 5.11 Å². The predicted molar refractivity (Wildman–Crippen MR) is 72.6 cm³/mol. The number of hydrogen-bond acceptors (Lipinski definition) is 2. The second-order valence-electron chi connectivity index (χ2n) is 6.37. The number of carboxylic acid groups (broad SMARTS) is 1. The van der Waals surface area contributed by atoms with Gasteiger partial charge in [-0.05, 0) is 58.4 Å². The van der Waals surface area contributed by atoms with Gasteiger partial charge >= 0.3 is 5.97 Å². The summed E-state index contributed by atoms with van der Waals surface area (Å²) in [6, 6.07) is 0.423. The van der Waals surface area contributed by atoms with Crippen LogP contribution in [0.15, 0.2) is 0 Å². The fraction of sp³-hybridized carbons (Fsp3) is 0.933. The van der Waals surface area contributed by atoms with Gasteiger partial charge in [0.05, 0.1) is 0 Å². The van der Waals surface area contributed by atoms with E-state index in [2.05, 4.69) is 11.8 Å². The Labute approximate surface area is 111 Å². The van der Waals surface area contributed by atoms with Crippen LogP contribution in [0.25, 0.3) is 0 Å². The van der Waals surface area contributed by atoms with E-state index in [4.69, 9.17) is 0 Å². The number of carbonyl (C=O) groups is 1. The highest BCUT2D eigenvalue weighted by Gasteiger charge is 2.44. The molecule has 0 spiro atoms. The predicted octanol–water partition coefficient (Wildman–Crippen LogP) is 3.28. The van der Waals surface area contributed by atoms with Gasteiger partial charge in [0, 0.05) is 6.04 Å². The molecule has 0 radical (unpaired) electrons. The van der Waals surface area contributed by atoms with Crippen LogP contribution in [0.3, 0.4) is 0 Å². The minimum absolute atomic E-state index is 0.423. The molecule has 3 nitrogen and oxygen atoms in total. The van der Waals surface area contributed by atoms with Gasteiger partial charge in [0.2, 0.25) is 0 Å². The number of piperidine rings is 1. The molecular weight excluding hydrogens is 226 g/mol. The highest BCUT2D eigenvalue weighted by molar-refractivity contribution is 5.78. The largest absolute Gasteiger partial charge is 0.480 e. The molecule has 1 aliphatic heterocycles. The van der Waals surface area contributed by atoms with Crippen molar-refractivity contribution < 1.29 is 9.90 Å². The van der Waals surface area contributed by atoms with Crippen molar-refractivity contribution in [3.8, 4) is 0 Å². The Balaban J connectivity index is 2.10. The first-order valence-electron chi connectivity index (χ1n) is 7.56. The van der Waals surface area contributed by atoms with Crippen LogP contribution in [-0.2, 0) is 4.79 Å². The highest BCUT2D eigenvalue weighted by atomic mass is 16.4. The summed E-state index contributed by atoms with van der Waals surface area (Å²) in [5.41, 5.74) is -0.630. The van der Waals surface area contributed by atoms with Gasteiger partial charge in [-0.2, -0.15) is 0 Å². The average molecular weight is 253 g/mol. The van der Waals surface area contributed by atoms with Crippen molar-refractivity contribution in [3.63, 3.8) is 0 Å². The molecule has 2 unspecified atom stereocenters. The van der Waals surface area contributed by atoms with Gasteiger partial charge in [0.15, 0.2) is 0 Å². The van der Waals surface area contributed by atoms with E-state index < -0.39 is 11.5 Å². The van der Waals surface area contributed by atoms with Crippen molar-refractivity contribution >= 4 is 5.97 Å².